The predicted octanol–water partition coefficient (Wildman–Crippen LogP) is 3.32. The van der Waals surface area contributed by atoms with Crippen molar-refractivity contribution >= 4 is 23.2 Å². The lowest BCUT2D eigenvalue weighted by Gasteiger charge is -2.18. The monoisotopic (exact) mass is 260 g/mol. The van der Waals surface area contributed by atoms with Gasteiger partial charge in [0.2, 0.25) is 0 Å². The first kappa shape index (κ1) is 12.6. The van der Waals surface area contributed by atoms with E-state index < -0.39 is 0 Å². The van der Waals surface area contributed by atoms with Gasteiger partial charge in [-0.05, 0) is 30.7 Å². The number of carbonyl (C=O) groups is 1. The largest absolute Gasteiger partial charge is 0.311 e. The van der Waals surface area contributed by atoms with Crippen LogP contribution in [-0.4, -0.2) is 17.9 Å². The predicted molar refractivity (Wildman–Crippen MR) is 73.2 cm³/mol. The van der Waals surface area contributed by atoms with E-state index in [0.29, 0.717) is 10.6 Å². The molecule has 0 saturated carbocycles. The van der Waals surface area contributed by atoms with Crippen LogP contribution < -0.4 is 4.90 Å². The van der Waals surface area contributed by atoms with Gasteiger partial charge in [-0.2, -0.15) is 0 Å². The zero-order valence-corrected chi connectivity index (χ0v) is 11.0. The van der Waals surface area contributed by atoms with Crippen molar-refractivity contribution < 1.29 is 4.79 Å². The molecule has 92 valence electrons. The first-order valence-corrected chi connectivity index (χ1v) is 5.91. The first-order valence-electron chi connectivity index (χ1n) is 5.54. The molecule has 2 rings (SSSR count). The van der Waals surface area contributed by atoms with E-state index >= 15 is 0 Å². The van der Waals surface area contributed by atoms with Gasteiger partial charge in [0.15, 0.2) is 0 Å². The van der Waals surface area contributed by atoms with Gasteiger partial charge in [-0.15, -0.1) is 0 Å². The zero-order valence-electron chi connectivity index (χ0n) is 10.2. The summed E-state index contributed by atoms with van der Waals surface area (Å²) in [6, 6.07) is 9.37. The third kappa shape index (κ3) is 2.51. The standard InChI is InChI=1S/C14H13ClN2O/c1-10-4-3-5-11(8-10)17(2)14(18)12-6-7-16-9-13(12)15/h3-9H,1-2H3. The molecular formula is C14H13ClN2O. The Morgan fingerprint density at radius 3 is 2.78 bits per heavy atom. The zero-order chi connectivity index (χ0) is 13.1. The van der Waals surface area contributed by atoms with E-state index in [9.17, 15) is 4.79 Å². The quantitative estimate of drug-likeness (QED) is 0.830. The van der Waals surface area contributed by atoms with Crippen LogP contribution in [0.2, 0.25) is 5.02 Å². The van der Waals surface area contributed by atoms with Crippen LogP contribution in [0.4, 0.5) is 5.69 Å². The fraction of sp³-hybridized carbons (Fsp3) is 0.143. The van der Waals surface area contributed by atoms with Gasteiger partial charge >= 0.3 is 0 Å². The Labute approximate surface area is 111 Å². The van der Waals surface area contributed by atoms with Crippen LogP contribution in [0.25, 0.3) is 0 Å². The Morgan fingerprint density at radius 1 is 1.33 bits per heavy atom. The van der Waals surface area contributed by atoms with Crippen molar-refractivity contribution in [2.75, 3.05) is 11.9 Å². The number of benzene rings is 1. The molecule has 18 heavy (non-hydrogen) atoms. The number of hydrogen-bond donors (Lipinski definition) is 0. The van der Waals surface area contributed by atoms with Crippen molar-refractivity contribution in [3.63, 3.8) is 0 Å². The van der Waals surface area contributed by atoms with Gasteiger partial charge in [0.25, 0.3) is 5.91 Å². The van der Waals surface area contributed by atoms with Gasteiger partial charge in [0, 0.05) is 25.1 Å². The lowest BCUT2D eigenvalue weighted by Crippen LogP contribution is -2.26. The molecule has 0 bridgehead atoms. The highest BCUT2D eigenvalue weighted by Gasteiger charge is 2.16. The molecule has 0 atom stereocenters. The Morgan fingerprint density at radius 2 is 2.11 bits per heavy atom. The van der Waals surface area contributed by atoms with Crippen molar-refractivity contribution in [1.29, 1.82) is 0 Å². The number of aryl methyl sites for hydroxylation is 1. The van der Waals surface area contributed by atoms with Crippen LogP contribution >= 0.6 is 11.6 Å². The summed E-state index contributed by atoms with van der Waals surface area (Å²) in [5.74, 6) is -0.145. The molecule has 1 aromatic heterocycles. The second-order valence-corrected chi connectivity index (χ2v) is 4.47. The maximum Gasteiger partial charge on any atom is 0.259 e. The average Bonchev–Trinajstić information content (AvgIpc) is 2.37. The molecule has 3 nitrogen and oxygen atoms in total. The summed E-state index contributed by atoms with van der Waals surface area (Å²) >= 11 is 5.97. The molecule has 0 aliphatic carbocycles. The van der Waals surface area contributed by atoms with Gasteiger partial charge in [0.1, 0.15) is 0 Å². The number of carbonyl (C=O) groups excluding carboxylic acids is 1. The minimum Gasteiger partial charge on any atom is -0.311 e. The number of amides is 1. The Hall–Kier alpha value is -1.87. The fourth-order valence-corrected chi connectivity index (χ4v) is 1.88. The molecule has 1 amide bonds. The fourth-order valence-electron chi connectivity index (χ4n) is 1.68. The molecule has 0 fully saturated rings. The maximum absolute atomic E-state index is 12.3. The number of pyridine rings is 1. The van der Waals surface area contributed by atoms with Crippen LogP contribution in [0.3, 0.4) is 0 Å². The molecular weight excluding hydrogens is 248 g/mol. The SMILES string of the molecule is Cc1cccc(N(C)C(=O)c2ccncc2Cl)c1. The van der Waals surface area contributed by atoms with E-state index in [0.717, 1.165) is 11.3 Å². The van der Waals surface area contributed by atoms with Crippen LogP contribution in [0.5, 0.6) is 0 Å². The third-order valence-corrected chi connectivity index (χ3v) is 3.00. The van der Waals surface area contributed by atoms with Crippen molar-refractivity contribution in [3.8, 4) is 0 Å². The molecule has 0 aliphatic heterocycles. The van der Waals surface area contributed by atoms with Crippen LogP contribution in [0.15, 0.2) is 42.7 Å². The number of aromatic nitrogens is 1. The number of nitrogens with zero attached hydrogens (tertiary/aromatic N) is 2. The molecule has 2 aromatic rings. The van der Waals surface area contributed by atoms with E-state index in [1.165, 1.54) is 6.20 Å². The number of halogens is 1. The number of anilines is 1. The van der Waals surface area contributed by atoms with E-state index in [1.54, 1.807) is 24.2 Å². The Balaban J connectivity index is 2.32. The molecule has 0 unspecified atom stereocenters. The maximum atomic E-state index is 12.3. The summed E-state index contributed by atoms with van der Waals surface area (Å²) in [5, 5.41) is 0.363. The summed E-state index contributed by atoms with van der Waals surface area (Å²) in [6.45, 7) is 1.99. The van der Waals surface area contributed by atoms with Gasteiger partial charge in [-0.3, -0.25) is 9.78 Å². The highest BCUT2D eigenvalue weighted by Crippen LogP contribution is 2.20. The van der Waals surface area contributed by atoms with Crippen LogP contribution in [-0.2, 0) is 0 Å². The smallest absolute Gasteiger partial charge is 0.259 e. The molecule has 1 aromatic carbocycles. The summed E-state index contributed by atoms with van der Waals surface area (Å²) in [6.07, 6.45) is 3.03. The summed E-state index contributed by atoms with van der Waals surface area (Å²) in [5.41, 5.74) is 2.40. The summed E-state index contributed by atoms with van der Waals surface area (Å²) < 4.78 is 0. The lowest BCUT2D eigenvalue weighted by atomic mass is 10.2. The topological polar surface area (TPSA) is 33.2 Å². The molecule has 0 radical (unpaired) electrons. The Kier molecular flexibility index (Phi) is 3.63. The van der Waals surface area contributed by atoms with Gasteiger partial charge < -0.3 is 4.90 Å². The van der Waals surface area contributed by atoms with Crippen molar-refractivity contribution in [1.82, 2.24) is 4.98 Å². The van der Waals surface area contributed by atoms with Crippen molar-refractivity contribution in [2.45, 2.75) is 6.92 Å². The Bertz CT molecular complexity index is 584. The summed E-state index contributed by atoms with van der Waals surface area (Å²) in [7, 11) is 1.73. The number of hydrogen-bond acceptors (Lipinski definition) is 2. The third-order valence-electron chi connectivity index (χ3n) is 2.70. The highest BCUT2D eigenvalue weighted by molar-refractivity contribution is 6.34. The average molecular weight is 261 g/mol. The minimum atomic E-state index is -0.145. The van der Waals surface area contributed by atoms with Gasteiger partial charge in [-0.1, -0.05) is 23.7 Å². The minimum absolute atomic E-state index is 0.145. The van der Waals surface area contributed by atoms with Crippen LogP contribution in [0, 0.1) is 6.92 Å². The second kappa shape index (κ2) is 5.19. The highest BCUT2D eigenvalue weighted by atomic mass is 35.5. The molecule has 0 N–H and O–H groups in total. The van der Waals surface area contributed by atoms with Gasteiger partial charge in [-0.25, -0.2) is 0 Å². The molecule has 0 saturated heterocycles. The van der Waals surface area contributed by atoms with E-state index in [1.807, 2.05) is 31.2 Å². The normalized spacial score (nSPS) is 10.2. The van der Waals surface area contributed by atoms with Crippen LogP contribution in [0.1, 0.15) is 15.9 Å². The lowest BCUT2D eigenvalue weighted by molar-refractivity contribution is 0.0993. The molecule has 4 heteroatoms. The second-order valence-electron chi connectivity index (χ2n) is 4.06. The summed E-state index contributed by atoms with van der Waals surface area (Å²) in [4.78, 5) is 17.7. The molecule has 1 heterocycles. The van der Waals surface area contributed by atoms with E-state index in [4.69, 9.17) is 11.6 Å². The number of rotatable bonds is 2. The van der Waals surface area contributed by atoms with Crippen molar-refractivity contribution in [2.24, 2.45) is 0 Å². The van der Waals surface area contributed by atoms with E-state index in [-0.39, 0.29) is 5.91 Å². The van der Waals surface area contributed by atoms with Gasteiger partial charge in [0.05, 0.1) is 10.6 Å². The first-order chi connectivity index (χ1) is 8.59. The molecule has 0 spiro atoms. The van der Waals surface area contributed by atoms with E-state index in [2.05, 4.69) is 4.98 Å². The van der Waals surface area contributed by atoms with Crippen molar-refractivity contribution in [3.05, 3.63) is 58.9 Å². The molecule has 0 aliphatic rings.